The van der Waals surface area contributed by atoms with Crippen LogP contribution in [0.5, 0.6) is 0 Å². The number of esters is 1. The second-order valence-corrected chi connectivity index (χ2v) is 6.71. The van der Waals surface area contributed by atoms with Crippen molar-refractivity contribution in [2.45, 2.75) is 69.7 Å². The van der Waals surface area contributed by atoms with E-state index in [2.05, 4.69) is 4.74 Å². The van der Waals surface area contributed by atoms with E-state index in [-0.39, 0.29) is 24.3 Å². The maximum absolute atomic E-state index is 11.6. The molecule has 1 aliphatic carbocycles. The molecule has 138 valence electrons. The van der Waals surface area contributed by atoms with Gasteiger partial charge in [-0.1, -0.05) is 0 Å². The average molecular weight is 350 g/mol. The first-order chi connectivity index (χ1) is 12.2. The molecule has 1 aromatic rings. The minimum absolute atomic E-state index is 0.187. The van der Waals surface area contributed by atoms with Gasteiger partial charge in [-0.15, -0.1) is 0 Å². The van der Waals surface area contributed by atoms with Crippen LogP contribution in [0.15, 0.2) is 10.5 Å². The molecule has 1 aliphatic heterocycles. The topological polar surface area (TPSA) is 75.0 Å². The third kappa shape index (κ3) is 4.50. The summed E-state index contributed by atoms with van der Waals surface area (Å²) in [4.78, 5) is 22.7. The molecule has 0 aromatic carbocycles. The molecule has 25 heavy (non-hydrogen) atoms. The number of methoxy groups -OCH3 is 1. The van der Waals surface area contributed by atoms with E-state index in [1.165, 1.54) is 7.11 Å². The predicted octanol–water partition coefficient (Wildman–Crippen LogP) is 2.92. The molecule has 0 saturated carbocycles. The van der Waals surface area contributed by atoms with Crippen molar-refractivity contribution in [3.8, 4) is 0 Å². The summed E-state index contributed by atoms with van der Waals surface area (Å²) in [5, 5.41) is 0. The maximum Gasteiger partial charge on any atom is 0.305 e. The second-order valence-electron chi connectivity index (χ2n) is 6.71. The summed E-state index contributed by atoms with van der Waals surface area (Å²) in [6, 6.07) is 1.97. The quantitative estimate of drug-likeness (QED) is 0.408. The van der Waals surface area contributed by atoms with E-state index in [9.17, 15) is 9.59 Å². The van der Waals surface area contributed by atoms with Crippen molar-refractivity contribution in [3.63, 3.8) is 0 Å². The number of carbonyl (C=O) groups is 2. The van der Waals surface area contributed by atoms with Crippen LogP contribution in [-0.4, -0.2) is 38.4 Å². The highest BCUT2D eigenvalue weighted by molar-refractivity contribution is 5.69. The van der Waals surface area contributed by atoms with Gasteiger partial charge in [0.15, 0.2) is 6.29 Å². The molecular formula is C19H26O6. The van der Waals surface area contributed by atoms with Gasteiger partial charge in [0.2, 0.25) is 0 Å². The standard InChI is InChI=1S/C19H26O6/c1-22-18(21)7-3-2-6-13-10-14-15(12-20)17(11-16(14)24-13)25-19-8-4-5-9-23-19/h10,12,15,17,19H,2-9,11H2,1H3/t15-,17-,19?/m1/s1. The third-order valence-electron chi connectivity index (χ3n) is 4.93. The van der Waals surface area contributed by atoms with Crippen LogP contribution in [0, 0.1) is 0 Å². The van der Waals surface area contributed by atoms with Crippen LogP contribution in [-0.2, 0) is 36.6 Å². The Kier molecular flexibility index (Phi) is 6.26. The van der Waals surface area contributed by atoms with Gasteiger partial charge >= 0.3 is 5.97 Å². The summed E-state index contributed by atoms with van der Waals surface area (Å²) in [5.41, 5.74) is 0.943. The van der Waals surface area contributed by atoms with E-state index in [1.807, 2.05) is 6.07 Å². The number of aldehydes is 1. The van der Waals surface area contributed by atoms with Crippen LogP contribution in [0.3, 0.4) is 0 Å². The highest BCUT2D eigenvalue weighted by Gasteiger charge is 2.38. The summed E-state index contributed by atoms with van der Waals surface area (Å²) < 4.78 is 22.2. The van der Waals surface area contributed by atoms with Crippen molar-refractivity contribution < 1.29 is 28.2 Å². The Labute approximate surface area is 147 Å². The molecule has 3 rings (SSSR count). The fourth-order valence-electron chi connectivity index (χ4n) is 3.55. The number of hydrogen-bond acceptors (Lipinski definition) is 6. The first-order valence-corrected chi connectivity index (χ1v) is 9.12. The molecule has 0 N–H and O–H groups in total. The Morgan fingerprint density at radius 3 is 2.96 bits per heavy atom. The van der Waals surface area contributed by atoms with Crippen molar-refractivity contribution in [3.05, 3.63) is 23.2 Å². The molecule has 1 unspecified atom stereocenters. The predicted molar refractivity (Wildman–Crippen MR) is 89.3 cm³/mol. The van der Waals surface area contributed by atoms with E-state index in [0.717, 1.165) is 68.5 Å². The van der Waals surface area contributed by atoms with Gasteiger partial charge in [-0.2, -0.15) is 0 Å². The van der Waals surface area contributed by atoms with Crippen molar-refractivity contribution in [1.82, 2.24) is 0 Å². The molecule has 0 bridgehead atoms. The van der Waals surface area contributed by atoms with Crippen LogP contribution < -0.4 is 0 Å². The average Bonchev–Trinajstić information content (AvgIpc) is 3.16. The van der Waals surface area contributed by atoms with Crippen LogP contribution >= 0.6 is 0 Å². The number of fused-ring (bicyclic) bond motifs is 1. The van der Waals surface area contributed by atoms with Gasteiger partial charge in [-0.3, -0.25) is 4.79 Å². The molecule has 0 amide bonds. The Morgan fingerprint density at radius 2 is 2.24 bits per heavy atom. The summed E-state index contributed by atoms with van der Waals surface area (Å²) in [6.45, 7) is 0.725. The van der Waals surface area contributed by atoms with Gasteiger partial charge in [-0.25, -0.2) is 0 Å². The van der Waals surface area contributed by atoms with Gasteiger partial charge < -0.3 is 23.4 Å². The highest BCUT2D eigenvalue weighted by Crippen LogP contribution is 2.38. The Balaban J connectivity index is 1.52. The normalized spacial score (nSPS) is 25.6. The summed E-state index contributed by atoms with van der Waals surface area (Å²) in [6.07, 6.45) is 7.02. The number of aryl methyl sites for hydroxylation is 1. The van der Waals surface area contributed by atoms with Gasteiger partial charge in [0.05, 0.1) is 19.1 Å². The van der Waals surface area contributed by atoms with Crippen molar-refractivity contribution in [2.75, 3.05) is 13.7 Å². The smallest absolute Gasteiger partial charge is 0.305 e. The Morgan fingerprint density at radius 1 is 1.36 bits per heavy atom. The minimum Gasteiger partial charge on any atom is -0.469 e. The van der Waals surface area contributed by atoms with E-state index >= 15 is 0 Å². The fourth-order valence-corrected chi connectivity index (χ4v) is 3.55. The first-order valence-electron chi connectivity index (χ1n) is 9.12. The number of rotatable bonds is 8. The Bertz CT molecular complexity index is 587. The number of ether oxygens (including phenoxy) is 3. The lowest BCUT2D eigenvalue weighted by atomic mass is 10.0. The van der Waals surface area contributed by atoms with Gasteiger partial charge in [0.25, 0.3) is 0 Å². The molecule has 2 aliphatic rings. The third-order valence-corrected chi connectivity index (χ3v) is 4.93. The van der Waals surface area contributed by atoms with Gasteiger partial charge in [0.1, 0.15) is 17.8 Å². The van der Waals surface area contributed by atoms with E-state index in [4.69, 9.17) is 13.9 Å². The molecular weight excluding hydrogens is 324 g/mol. The van der Waals surface area contributed by atoms with Crippen LogP contribution in [0.1, 0.15) is 61.5 Å². The molecule has 1 saturated heterocycles. The van der Waals surface area contributed by atoms with E-state index in [1.54, 1.807) is 0 Å². The molecule has 2 heterocycles. The molecule has 0 spiro atoms. The molecule has 1 aromatic heterocycles. The van der Waals surface area contributed by atoms with Gasteiger partial charge in [-0.05, 0) is 38.2 Å². The maximum atomic E-state index is 11.6. The van der Waals surface area contributed by atoms with Crippen LogP contribution in [0.25, 0.3) is 0 Å². The first kappa shape index (κ1) is 18.1. The zero-order chi connectivity index (χ0) is 17.6. The number of furan rings is 1. The molecule has 1 fully saturated rings. The second kappa shape index (κ2) is 8.63. The Hall–Kier alpha value is -1.66. The van der Waals surface area contributed by atoms with Crippen molar-refractivity contribution in [2.24, 2.45) is 0 Å². The van der Waals surface area contributed by atoms with Crippen molar-refractivity contribution in [1.29, 1.82) is 0 Å². The SMILES string of the molecule is COC(=O)CCCCc1cc2c(o1)C[C@@H](OC1CCCCO1)[C@@H]2C=O. The highest BCUT2D eigenvalue weighted by atomic mass is 16.7. The molecule has 6 heteroatoms. The molecule has 6 nitrogen and oxygen atoms in total. The lowest BCUT2D eigenvalue weighted by Gasteiger charge is -2.27. The van der Waals surface area contributed by atoms with Crippen LogP contribution in [0.2, 0.25) is 0 Å². The zero-order valence-corrected chi connectivity index (χ0v) is 14.7. The summed E-state index contributed by atoms with van der Waals surface area (Å²) in [7, 11) is 1.40. The lowest BCUT2D eigenvalue weighted by Crippen LogP contribution is -2.30. The number of carbonyl (C=O) groups excluding carboxylic acids is 2. The minimum atomic E-state index is -0.284. The van der Waals surface area contributed by atoms with Crippen LogP contribution in [0.4, 0.5) is 0 Å². The summed E-state index contributed by atoms with van der Waals surface area (Å²) >= 11 is 0. The zero-order valence-electron chi connectivity index (χ0n) is 14.7. The molecule has 3 atom stereocenters. The van der Waals surface area contributed by atoms with E-state index in [0.29, 0.717) is 12.8 Å². The van der Waals surface area contributed by atoms with Gasteiger partial charge in [0, 0.05) is 31.4 Å². The lowest BCUT2D eigenvalue weighted by molar-refractivity contribution is -0.190. The number of hydrogen-bond donors (Lipinski definition) is 0. The monoisotopic (exact) mass is 350 g/mol. The molecule has 0 radical (unpaired) electrons. The largest absolute Gasteiger partial charge is 0.469 e. The van der Waals surface area contributed by atoms with Crippen molar-refractivity contribution >= 4 is 12.3 Å². The fraction of sp³-hybridized carbons (Fsp3) is 0.684. The number of unbranched alkanes of at least 4 members (excludes halogenated alkanes) is 1. The summed E-state index contributed by atoms with van der Waals surface area (Å²) in [5.74, 6) is 1.25. The van der Waals surface area contributed by atoms with E-state index < -0.39 is 0 Å².